The zero-order chi connectivity index (χ0) is 31.9. The van der Waals surface area contributed by atoms with Crippen molar-refractivity contribution in [1.82, 2.24) is 15.3 Å². The van der Waals surface area contributed by atoms with Crippen molar-refractivity contribution in [2.24, 2.45) is 16.8 Å². The van der Waals surface area contributed by atoms with Gasteiger partial charge in [0.25, 0.3) is 5.91 Å². The highest BCUT2D eigenvalue weighted by atomic mass is 32.1. The average molecular weight is 623 g/mol. The fraction of sp³-hybridized carbons (Fsp3) is 0.515. The molecular weight excluding hydrogens is 580 g/mol. The van der Waals surface area contributed by atoms with Crippen LogP contribution in [-0.4, -0.2) is 50.1 Å². The molecule has 11 heteroatoms. The van der Waals surface area contributed by atoms with E-state index in [9.17, 15) is 19.5 Å². The maximum atomic E-state index is 12.5. The Morgan fingerprint density at radius 2 is 1.73 bits per heavy atom. The van der Waals surface area contributed by atoms with E-state index in [4.69, 9.17) is 9.78 Å². The van der Waals surface area contributed by atoms with Gasteiger partial charge in [-0.1, -0.05) is 20.8 Å². The molecule has 0 spiro atoms. The van der Waals surface area contributed by atoms with Gasteiger partial charge >= 0.3 is 5.97 Å². The number of aromatic amines is 2. The summed E-state index contributed by atoms with van der Waals surface area (Å²) in [6.07, 6.45) is 5.28. The molecule has 2 saturated heterocycles. The van der Waals surface area contributed by atoms with Gasteiger partial charge in [-0.15, -0.1) is 0 Å². The SMILES string of the molecule is CCC1=C(C)C(Cc2[nH]c(Cc3[nH]c(/C=C4\NC(=O)[C@H](C)[C@H]4C(C)S)c(C)c3CCC(=O)O)c(CCC3OO3)c2C)=NC1=O. The minimum atomic E-state index is -0.859. The minimum Gasteiger partial charge on any atom is -0.481 e. The predicted molar refractivity (Wildman–Crippen MR) is 170 cm³/mol. The fourth-order valence-electron chi connectivity index (χ4n) is 6.69. The summed E-state index contributed by atoms with van der Waals surface area (Å²) in [6, 6.07) is 0. The van der Waals surface area contributed by atoms with Crippen LogP contribution in [0.4, 0.5) is 0 Å². The highest BCUT2D eigenvalue weighted by Crippen LogP contribution is 2.35. The Bertz CT molecular complexity index is 1590. The molecule has 2 amide bonds. The third-order valence-electron chi connectivity index (χ3n) is 9.36. The first-order valence-electron chi connectivity index (χ1n) is 15.3. The van der Waals surface area contributed by atoms with E-state index in [1.165, 1.54) is 0 Å². The van der Waals surface area contributed by atoms with Gasteiger partial charge < -0.3 is 20.4 Å². The Morgan fingerprint density at radius 3 is 2.34 bits per heavy atom. The second-order valence-electron chi connectivity index (χ2n) is 12.2. The summed E-state index contributed by atoms with van der Waals surface area (Å²) in [5.74, 6) is -1.28. The molecule has 236 valence electrons. The molecule has 3 aliphatic heterocycles. The number of nitrogens with one attached hydrogen (secondary N) is 3. The standard InChI is InChI=1S/C33H42N4O6S/c1-7-20-15(2)25(36-33(20)41)12-23-17(4)22(9-11-30-42-43-30)27(34-23)14-26-21(8-10-29(38)39)16(3)24(35-26)13-28-31(19(6)44)18(5)32(40)37-28/h13,18-19,30-31,34-35,44H,7-12,14H2,1-6H3,(H,37,40)(H,38,39)/b28-13-/t18-,19?,31+/m1/s1. The number of aliphatic carboxylic acids is 1. The summed E-state index contributed by atoms with van der Waals surface area (Å²) >= 11 is 4.66. The van der Waals surface area contributed by atoms with Crippen molar-refractivity contribution in [2.45, 2.75) is 98.0 Å². The average Bonchev–Trinajstić information content (AvgIpc) is 3.51. The van der Waals surface area contributed by atoms with Gasteiger partial charge in [-0.05, 0) is 73.9 Å². The van der Waals surface area contributed by atoms with Crippen LogP contribution in [0.5, 0.6) is 0 Å². The number of thiol groups is 1. The topological polar surface area (TPSA) is 152 Å². The van der Waals surface area contributed by atoms with Gasteiger partial charge in [0.2, 0.25) is 12.2 Å². The molecule has 44 heavy (non-hydrogen) atoms. The Hall–Kier alpha value is -3.41. The molecule has 0 aliphatic carbocycles. The van der Waals surface area contributed by atoms with Crippen molar-refractivity contribution in [2.75, 3.05) is 0 Å². The number of aromatic nitrogens is 2. The van der Waals surface area contributed by atoms with Crippen molar-refractivity contribution in [3.63, 3.8) is 0 Å². The Balaban J connectivity index is 1.52. The van der Waals surface area contributed by atoms with Crippen LogP contribution in [0, 0.1) is 25.7 Å². The first-order chi connectivity index (χ1) is 20.9. The van der Waals surface area contributed by atoms with Crippen LogP contribution < -0.4 is 5.32 Å². The van der Waals surface area contributed by atoms with E-state index >= 15 is 0 Å². The zero-order valence-corrected chi connectivity index (χ0v) is 27.1. The van der Waals surface area contributed by atoms with E-state index < -0.39 is 5.97 Å². The van der Waals surface area contributed by atoms with Crippen LogP contribution in [-0.2, 0) is 49.8 Å². The molecule has 0 radical (unpaired) electrons. The number of nitrogens with zero attached hydrogens (tertiary/aromatic N) is 1. The number of H-pyrrole nitrogens is 2. The summed E-state index contributed by atoms with van der Waals surface area (Å²) in [7, 11) is 0. The van der Waals surface area contributed by atoms with Crippen LogP contribution in [0.1, 0.15) is 92.0 Å². The lowest BCUT2D eigenvalue weighted by Crippen LogP contribution is -2.19. The Labute approximate surface area is 263 Å². The molecular formula is C33H42N4O6S. The smallest absolute Gasteiger partial charge is 0.303 e. The zero-order valence-electron chi connectivity index (χ0n) is 26.2. The van der Waals surface area contributed by atoms with Crippen molar-refractivity contribution in [3.8, 4) is 0 Å². The molecule has 4 N–H and O–H groups in total. The number of carboxylic acid groups (broad SMARTS) is 1. The molecule has 5 rings (SSSR count). The van der Waals surface area contributed by atoms with Gasteiger partial charge in [0, 0.05) is 76.8 Å². The molecule has 3 aliphatic rings. The van der Waals surface area contributed by atoms with Gasteiger partial charge in [0.05, 0.1) is 5.71 Å². The van der Waals surface area contributed by atoms with Gasteiger partial charge in [-0.2, -0.15) is 22.4 Å². The van der Waals surface area contributed by atoms with Gasteiger partial charge in [0.15, 0.2) is 0 Å². The molecule has 0 bridgehead atoms. The molecule has 10 nitrogen and oxygen atoms in total. The summed E-state index contributed by atoms with van der Waals surface area (Å²) in [5, 5.41) is 12.5. The highest BCUT2D eigenvalue weighted by molar-refractivity contribution is 7.80. The number of carboxylic acids is 1. The number of hydrogen-bond donors (Lipinski definition) is 5. The molecule has 3 atom stereocenters. The van der Waals surface area contributed by atoms with Crippen LogP contribution in [0.3, 0.4) is 0 Å². The number of rotatable bonds is 13. The number of carbonyl (C=O) groups excluding carboxylic acids is 2. The van der Waals surface area contributed by atoms with E-state index in [2.05, 4.69) is 39.8 Å². The van der Waals surface area contributed by atoms with Gasteiger partial charge in [0.1, 0.15) is 0 Å². The fourth-order valence-corrected chi connectivity index (χ4v) is 7.11. The quantitative estimate of drug-likeness (QED) is 0.119. The molecule has 5 heterocycles. The Morgan fingerprint density at radius 1 is 1.05 bits per heavy atom. The number of allylic oxidation sites excluding steroid dienone is 2. The van der Waals surface area contributed by atoms with Gasteiger partial charge in [-0.25, -0.2) is 4.99 Å². The van der Waals surface area contributed by atoms with E-state index in [1.807, 2.05) is 40.7 Å². The largest absolute Gasteiger partial charge is 0.481 e. The minimum absolute atomic E-state index is 0.00319. The van der Waals surface area contributed by atoms with Crippen molar-refractivity contribution in [1.29, 1.82) is 0 Å². The molecule has 2 aromatic heterocycles. The third-order valence-corrected chi connectivity index (χ3v) is 9.68. The maximum Gasteiger partial charge on any atom is 0.303 e. The molecule has 0 saturated carbocycles. The van der Waals surface area contributed by atoms with Gasteiger partial charge in [-0.3, -0.25) is 14.4 Å². The van der Waals surface area contributed by atoms with Crippen LogP contribution in [0.15, 0.2) is 21.8 Å². The summed E-state index contributed by atoms with van der Waals surface area (Å²) < 4.78 is 0. The monoisotopic (exact) mass is 622 g/mol. The van der Waals surface area contributed by atoms with Crippen LogP contribution in [0.2, 0.25) is 0 Å². The van der Waals surface area contributed by atoms with Crippen molar-refractivity contribution >= 4 is 42.2 Å². The highest BCUT2D eigenvalue weighted by Gasteiger charge is 2.38. The van der Waals surface area contributed by atoms with Crippen molar-refractivity contribution in [3.05, 3.63) is 61.9 Å². The lowest BCUT2D eigenvalue weighted by molar-refractivity contribution is -0.137. The molecule has 1 unspecified atom stereocenters. The first-order valence-corrected chi connectivity index (χ1v) is 15.9. The predicted octanol–water partition coefficient (Wildman–Crippen LogP) is 5.08. The number of aliphatic imine (C=N–C) groups is 1. The number of amides is 2. The third kappa shape index (κ3) is 6.50. The first kappa shape index (κ1) is 32.0. The summed E-state index contributed by atoms with van der Waals surface area (Å²) in [6.45, 7) is 11.9. The number of carbonyl (C=O) groups is 3. The lowest BCUT2D eigenvalue weighted by atomic mass is 9.91. The molecule has 2 aromatic rings. The second-order valence-corrected chi connectivity index (χ2v) is 13.0. The summed E-state index contributed by atoms with van der Waals surface area (Å²) in [4.78, 5) is 58.2. The molecule has 2 fully saturated rings. The molecule has 0 aromatic carbocycles. The van der Waals surface area contributed by atoms with Crippen LogP contribution in [0.25, 0.3) is 6.08 Å². The van der Waals surface area contributed by atoms with E-state index in [0.29, 0.717) is 32.1 Å². The van der Waals surface area contributed by atoms with E-state index in [-0.39, 0.29) is 41.6 Å². The van der Waals surface area contributed by atoms with E-state index in [1.54, 1.807) is 0 Å². The van der Waals surface area contributed by atoms with Crippen LogP contribution >= 0.6 is 12.6 Å². The number of hydrogen-bond acceptors (Lipinski definition) is 6. The van der Waals surface area contributed by atoms with Crippen molar-refractivity contribution < 1.29 is 29.3 Å². The second kappa shape index (κ2) is 12.9. The van der Waals surface area contributed by atoms with E-state index in [0.717, 1.165) is 74.0 Å². The summed E-state index contributed by atoms with van der Waals surface area (Å²) in [5.41, 5.74) is 11.3. The maximum absolute atomic E-state index is 12.5. The lowest BCUT2D eigenvalue weighted by Gasteiger charge is -2.17. The Kier molecular flexibility index (Phi) is 9.38. The normalized spacial score (nSPS) is 21.9.